The summed E-state index contributed by atoms with van der Waals surface area (Å²) in [5.41, 5.74) is 1.40. The Morgan fingerprint density at radius 3 is 2.60 bits per heavy atom. The molecule has 0 aromatic heterocycles. The Kier molecular flexibility index (Phi) is 5.58. The number of ether oxygens (including phenoxy) is 1. The van der Waals surface area contributed by atoms with Gasteiger partial charge in [0.15, 0.2) is 0 Å². The van der Waals surface area contributed by atoms with Gasteiger partial charge in [-0.3, -0.25) is 0 Å². The van der Waals surface area contributed by atoms with E-state index in [1.165, 1.54) is 12.0 Å². The third-order valence-corrected chi connectivity index (χ3v) is 2.49. The molecule has 1 atom stereocenters. The molecule has 0 N–H and O–H groups in total. The van der Waals surface area contributed by atoms with Crippen LogP contribution in [0.25, 0.3) is 0 Å². The van der Waals surface area contributed by atoms with Crippen LogP contribution in [0.15, 0.2) is 30.3 Å². The topological polar surface area (TPSA) is 9.23 Å². The average molecular weight is 202 g/mol. The number of benzene rings is 1. The minimum Gasteiger partial charge on any atom is -0.369 e. The van der Waals surface area contributed by atoms with Gasteiger partial charge >= 0.3 is 0 Å². The van der Waals surface area contributed by atoms with E-state index in [2.05, 4.69) is 30.2 Å². The van der Waals surface area contributed by atoms with Gasteiger partial charge in [-0.05, 0) is 31.2 Å². The monoisotopic (exact) mass is 202 g/mol. The quantitative estimate of drug-likeness (QED) is 0.509. The highest BCUT2D eigenvalue weighted by atomic mass is 16.5. The van der Waals surface area contributed by atoms with Crippen molar-refractivity contribution in [2.75, 3.05) is 7.11 Å². The van der Waals surface area contributed by atoms with Crippen molar-refractivity contribution in [2.45, 2.75) is 31.8 Å². The molecule has 0 aliphatic heterocycles. The second-order valence-corrected chi connectivity index (χ2v) is 3.62. The number of terminal acetylenes is 1. The van der Waals surface area contributed by atoms with Crippen LogP contribution in [0.3, 0.4) is 0 Å². The Labute approximate surface area is 92.5 Å². The number of unbranched alkanes of at least 4 members (excludes halogenated alkanes) is 1. The molecular formula is C14H18O. The molecular weight excluding hydrogens is 184 g/mol. The van der Waals surface area contributed by atoms with Crippen molar-refractivity contribution in [1.82, 2.24) is 0 Å². The van der Waals surface area contributed by atoms with E-state index in [1.54, 1.807) is 7.11 Å². The molecule has 1 nitrogen and oxygen atoms in total. The standard InChI is InChI=1S/C14H18O/c1-3-14(15-2)12-8-7-11-13-9-5-4-6-10-13/h1,4-6,9-10,14H,7-8,11-12H2,2H3/t14-/m1/s1. The van der Waals surface area contributed by atoms with Crippen molar-refractivity contribution in [2.24, 2.45) is 0 Å². The third kappa shape index (κ3) is 4.67. The summed E-state index contributed by atoms with van der Waals surface area (Å²) in [5.74, 6) is 2.63. The highest BCUT2D eigenvalue weighted by molar-refractivity contribution is 5.14. The molecule has 1 rings (SSSR count). The first-order valence-electron chi connectivity index (χ1n) is 5.39. The number of hydrogen-bond donors (Lipinski definition) is 0. The predicted octanol–water partition coefficient (Wildman–Crippen LogP) is 3.05. The summed E-state index contributed by atoms with van der Waals surface area (Å²) in [5, 5.41) is 0. The number of hydrogen-bond acceptors (Lipinski definition) is 1. The lowest BCUT2D eigenvalue weighted by atomic mass is 10.1. The maximum absolute atomic E-state index is 5.30. The SMILES string of the molecule is C#C[C@H](CCCCc1ccccc1)OC. The average Bonchev–Trinajstić information content (AvgIpc) is 2.31. The first-order valence-corrected chi connectivity index (χ1v) is 5.39. The summed E-state index contributed by atoms with van der Waals surface area (Å²) >= 11 is 0. The van der Waals surface area contributed by atoms with E-state index < -0.39 is 0 Å². The minimum absolute atomic E-state index is 0.0132. The van der Waals surface area contributed by atoms with E-state index in [4.69, 9.17) is 11.2 Å². The maximum Gasteiger partial charge on any atom is 0.117 e. The summed E-state index contributed by atoms with van der Waals surface area (Å²) in [6, 6.07) is 10.5. The van der Waals surface area contributed by atoms with Gasteiger partial charge in [0.2, 0.25) is 0 Å². The molecule has 0 amide bonds. The van der Waals surface area contributed by atoms with Crippen LogP contribution in [0.2, 0.25) is 0 Å². The summed E-state index contributed by atoms with van der Waals surface area (Å²) < 4.78 is 5.12. The van der Waals surface area contributed by atoms with Gasteiger partial charge in [-0.15, -0.1) is 6.42 Å². The molecule has 0 radical (unpaired) electrons. The van der Waals surface area contributed by atoms with Gasteiger partial charge in [0.1, 0.15) is 6.10 Å². The van der Waals surface area contributed by atoms with E-state index in [9.17, 15) is 0 Å². The zero-order valence-electron chi connectivity index (χ0n) is 9.28. The second-order valence-electron chi connectivity index (χ2n) is 3.62. The normalized spacial score (nSPS) is 12.0. The zero-order valence-corrected chi connectivity index (χ0v) is 9.28. The predicted molar refractivity (Wildman–Crippen MR) is 63.6 cm³/mol. The highest BCUT2D eigenvalue weighted by Gasteiger charge is 2.01. The molecule has 0 spiro atoms. The van der Waals surface area contributed by atoms with Crippen molar-refractivity contribution >= 4 is 0 Å². The minimum atomic E-state index is -0.0132. The maximum atomic E-state index is 5.30. The molecule has 0 bridgehead atoms. The van der Waals surface area contributed by atoms with Crippen LogP contribution < -0.4 is 0 Å². The van der Waals surface area contributed by atoms with Gasteiger partial charge in [0, 0.05) is 7.11 Å². The van der Waals surface area contributed by atoms with Gasteiger partial charge in [-0.25, -0.2) is 0 Å². The molecule has 1 aromatic carbocycles. The molecule has 1 heteroatoms. The molecule has 0 saturated carbocycles. The highest BCUT2D eigenvalue weighted by Crippen LogP contribution is 2.08. The Morgan fingerprint density at radius 1 is 1.27 bits per heavy atom. The summed E-state index contributed by atoms with van der Waals surface area (Å²) in [4.78, 5) is 0. The van der Waals surface area contributed by atoms with Crippen LogP contribution in [0.4, 0.5) is 0 Å². The first kappa shape index (κ1) is 11.8. The van der Waals surface area contributed by atoms with Gasteiger partial charge in [0.05, 0.1) is 0 Å². The van der Waals surface area contributed by atoms with Gasteiger partial charge in [-0.1, -0.05) is 36.3 Å². The van der Waals surface area contributed by atoms with Crippen molar-refractivity contribution in [3.05, 3.63) is 35.9 Å². The fourth-order valence-electron chi connectivity index (χ4n) is 1.57. The molecule has 0 aliphatic carbocycles. The molecule has 0 saturated heterocycles. The molecule has 0 fully saturated rings. The van der Waals surface area contributed by atoms with Crippen molar-refractivity contribution in [1.29, 1.82) is 0 Å². The molecule has 80 valence electrons. The lowest BCUT2D eigenvalue weighted by Gasteiger charge is -2.07. The van der Waals surface area contributed by atoms with Crippen molar-refractivity contribution in [3.63, 3.8) is 0 Å². The molecule has 1 aromatic rings. The van der Waals surface area contributed by atoms with Gasteiger partial charge in [-0.2, -0.15) is 0 Å². The third-order valence-electron chi connectivity index (χ3n) is 2.49. The summed E-state index contributed by atoms with van der Waals surface area (Å²) in [6.07, 6.45) is 9.67. The molecule has 15 heavy (non-hydrogen) atoms. The number of aryl methyl sites for hydroxylation is 1. The van der Waals surface area contributed by atoms with Gasteiger partial charge < -0.3 is 4.74 Å². The van der Waals surface area contributed by atoms with E-state index in [1.807, 2.05) is 6.07 Å². The van der Waals surface area contributed by atoms with Crippen LogP contribution in [-0.2, 0) is 11.2 Å². The smallest absolute Gasteiger partial charge is 0.117 e. The van der Waals surface area contributed by atoms with Crippen LogP contribution in [0.1, 0.15) is 24.8 Å². The fraction of sp³-hybridized carbons (Fsp3) is 0.429. The lowest BCUT2D eigenvalue weighted by Crippen LogP contribution is -2.06. The molecule has 0 heterocycles. The second kappa shape index (κ2) is 7.09. The van der Waals surface area contributed by atoms with Crippen LogP contribution in [-0.4, -0.2) is 13.2 Å². The number of methoxy groups -OCH3 is 1. The van der Waals surface area contributed by atoms with E-state index in [-0.39, 0.29) is 6.10 Å². The fourth-order valence-corrected chi connectivity index (χ4v) is 1.57. The Bertz CT molecular complexity index is 297. The van der Waals surface area contributed by atoms with Gasteiger partial charge in [0.25, 0.3) is 0 Å². The van der Waals surface area contributed by atoms with E-state index in [0.717, 1.165) is 19.3 Å². The Morgan fingerprint density at radius 2 is 2.00 bits per heavy atom. The Balaban J connectivity index is 2.15. The molecule has 0 unspecified atom stereocenters. The first-order chi connectivity index (χ1) is 7.36. The Hall–Kier alpha value is -1.26. The largest absolute Gasteiger partial charge is 0.369 e. The van der Waals surface area contributed by atoms with Crippen molar-refractivity contribution in [3.8, 4) is 12.3 Å². The summed E-state index contributed by atoms with van der Waals surface area (Å²) in [6.45, 7) is 0. The lowest BCUT2D eigenvalue weighted by molar-refractivity contribution is 0.138. The van der Waals surface area contributed by atoms with E-state index >= 15 is 0 Å². The van der Waals surface area contributed by atoms with E-state index in [0.29, 0.717) is 0 Å². The summed E-state index contributed by atoms with van der Waals surface area (Å²) in [7, 11) is 1.67. The van der Waals surface area contributed by atoms with Crippen molar-refractivity contribution < 1.29 is 4.74 Å². The zero-order chi connectivity index (χ0) is 10.9. The number of rotatable bonds is 6. The molecule has 0 aliphatic rings. The van der Waals surface area contributed by atoms with Crippen LogP contribution >= 0.6 is 0 Å². The van der Waals surface area contributed by atoms with Crippen LogP contribution in [0, 0.1) is 12.3 Å². The van der Waals surface area contributed by atoms with Crippen LogP contribution in [0.5, 0.6) is 0 Å².